The van der Waals surface area contributed by atoms with Gasteiger partial charge in [0.1, 0.15) is 10.8 Å². The first kappa shape index (κ1) is 16.2. The number of carbonyl (C=O) groups excluding carboxylic acids is 1. The second-order valence-corrected chi connectivity index (χ2v) is 6.09. The van der Waals surface area contributed by atoms with Crippen LogP contribution in [0.3, 0.4) is 0 Å². The zero-order chi connectivity index (χ0) is 17.9. The van der Waals surface area contributed by atoms with E-state index in [1.54, 1.807) is 0 Å². The van der Waals surface area contributed by atoms with Crippen molar-refractivity contribution in [2.24, 2.45) is 10.8 Å². The lowest BCUT2D eigenvalue weighted by Crippen LogP contribution is -2.34. The standard InChI is InChI=1S/C15H13F2NO6/c1-24-10-8(16)2-7(3-9(10)17)11(19)18-5-14(12(20)21)4-15(14,6-18)13(22)23/h2-3H,4-6H2,1H3,(H,20,21)(H,22,23)/t14-,15+. The lowest BCUT2D eigenvalue weighted by Gasteiger charge is -2.20. The molecule has 1 aromatic carbocycles. The molecule has 128 valence electrons. The number of carboxylic acids is 2. The molecule has 9 heteroatoms. The van der Waals surface area contributed by atoms with E-state index in [1.165, 1.54) is 0 Å². The Balaban J connectivity index is 1.91. The maximum atomic E-state index is 13.7. The summed E-state index contributed by atoms with van der Waals surface area (Å²) in [6, 6.07) is 1.55. The highest BCUT2D eigenvalue weighted by molar-refractivity contribution is 6.00. The number of carboxylic acid groups (broad SMARTS) is 2. The Morgan fingerprint density at radius 1 is 1.08 bits per heavy atom. The fourth-order valence-corrected chi connectivity index (χ4v) is 3.49. The summed E-state index contributed by atoms with van der Waals surface area (Å²) in [5, 5.41) is 18.6. The van der Waals surface area contributed by atoms with Crippen LogP contribution >= 0.6 is 0 Å². The Labute approximate surface area is 134 Å². The van der Waals surface area contributed by atoms with E-state index >= 15 is 0 Å². The van der Waals surface area contributed by atoms with Gasteiger partial charge >= 0.3 is 11.9 Å². The number of benzene rings is 1. The summed E-state index contributed by atoms with van der Waals surface area (Å²) in [7, 11) is 1.07. The summed E-state index contributed by atoms with van der Waals surface area (Å²) in [5.74, 6) is -6.22. The minimum absolute atomic E-state index is 0.0697. The van der Waals surface area contributed by atoms with Gasteiger partial charge in [-0.25, -0.2) is 8.78 Å². The van der Waals surface area contributed by atoms with Crippen molar-refractivity contribution >= 4 is 17.8 Å². The number of rotatable bonds is 4. The number of carbonyl (C=O) groups is 3. The van der Waals surface area contributed by atoms with Gasteiger partial charge < -0.3 is 19.8 Å². The predicted octanol–water partition coefficient (Wildman–Crippen LogP) is 0.975. The summed E-state index contributed by atoms with van der Waals surface area (Å²) in [6.45, 7) is -0.633. The van der Waals surface area contributed by atoms with Crippen molar-refractivity contribution in [1.82, 2.24) is 4.90 Å². The molecule has 1 amide bonds. The molecule has 1 saturated heterocycles. The van der Waals surface area contributed by atoms with E-state index in [0.717, 1.165) is 24.1 Å². The third-order valence-electron chi connectivity index (χ3n) is 4.87. The van der Waals surface area contributed by atoms with Crippen molar-refractivity contribution in [1.29, 1.82) is 0 Å². The Hall–Kier alpha value is -2.71. The lowest BCUT2D eigenvalue weighted by molar-refractivity contribution is -0.151. The highest BCUT2D eigenvalue weighted by atomic mass is 19.1. The highest BCUT2D eigenvalue weighted by Gasteiger charge is 2.81. The van der Waals surface area contributed by atoms with Crippen molar-refractivity contribution in [3.8, 4) is 5.75 Å². The molecule has 0 radical (unpaired) electrons. The molecule has 0 bridgehead atoms. The molecule has 24 heavy (non-hydrogen) atoms. The lowest BCUT2D eigenvalue weighted by atomic mass is 9.97. The van der Waals surface area contributed by atoms with Crippen LogP contribution in [0.15, 0.2) is 12.1 Å². The number of piperidine rings is 1. The number of aliphatic carboxylic acids is 2. The van der Waals surface area contributed by atoms with Gasteiger partial charge in [-0.15, -0.1) is 0 Å². The summed E-state index contributed by atoms with van der Waals surface area (Å²) in [5.41, 5.74) is -3.43. The third kappa shape index (κ3) is 1.90. The Morgan fingerprint density at radius 3 is 1.92 bits per heavy atom. The molecule has 2 atom stereocenters. The fraction of sp³-hybridized carbons (Fsp3) is 0.400. The number of methoxy groups -OCH3 is 1. The van der Waals surface area contributed by atoms with Gasteiger partial charge in [0.05, 0.1) is 7.11 Å². The number of ether oxygens (including phenoxy) is 1. The molecule has 1 aliphatic heterocycles. The molecule has 0 unspecified atom stereocenters. The molecular weight excluding hydrogens is 328 g/mol. The van der Waals surface area contributed by atoms with E-state index in [0.29, 0.717) is 0 Å². The van der Waals surface area contributed by atoms with E-state index in [2.05, 4.69) is 4.74 Å². The number of fused-ring (bicyclic) bond motifs is 1. The Morgan fingerprint density at radius 2 is 1.54 bits per heavy atom. The minimum atomic E-state index is -1.54. The second-order valence-electron chi connectivity index (χ2n) is 6.09. The first-order valence-electron chi connectivity index (χ1n) is 6.97. The Bertz CT molecular complexity index is 730. The zero-order valence-electron chi connectivity index (χ0n) is 12.5. The van der Waals surface area contributed by atoms with Crippen LogP contribution in [0.2, 0.25) is 0 Å². The molecule has 1 heterocycles. The fourth-order valence-electron chi connectivity index (χ4n) is 3.49. The van der Waals surface area contributed by atoms with Crippen LogP contribution in [0.25, 0.3) is 0 Å². The van der Waals surface area contributed by atoms with Crippen molar-refractivity contribution < 1.29 is 38.1 Å². The molecule has 1 saturated carbocycles. The monoisotopic (exact) mass is 341 g/mol. The number of likely N-dealkylation sites (tertiary alicyclic amines) is 1. The van der Waals surface area contributed by atoms with Gasteiger partial charge in [-0.1, -0.05) is 0 Å². The first-order valence-corrected chi connectivity index (χ1v) is 6.97. The summed E-state index contributed by atoms with van der Waals surface area (Å²) < 4.78 is 32.0. The van der Waals surface area contributed by atoms with E-state index in [-0.39, 0.29) is 25.1 Å². The molecule has 3 rings (SSSR count). The van der Waals surface area contributed by atoms with Crippen LogP contribution in [0.5, 0.6) is 5.75 Å². The van der Waals surface area contributed by atoms with Gasteiger partial charge in [-0.3, -0.25) is 14.4 Å². The van der Waals surface area contributed by atoms with E-state index in [9.17, 15) is 33.4 Å². The molecule has 0 spiro atoms. The van der Waals surface area contributed by atoms with E-state index < -0.39 is 46.1 Å². The molecule has 1 aromatic rings. The minimum Gasteiger partial charge on any atom is -0.491 e. The van der Waals surface area contributed by atoms with E-state index in [4.69, 9.17) is 0 Å². The number of amides is 1. The van der Waals surface area contributed by atoms with Crippen molar-refractivity contribution in [3.05, 3.63) is 29.3 Å². The molecule has 2 fully saturated rings. The van der Waals surface area contributed by atoms with Gasteiger partial charge in [0, 0.05) is 18.7 Å². The average molecular weight is 341 g/mol. The van der Waals surface area contributed by atoms with Crippen molar-refractivity contribution in [2.45, 2.75) is 6.42 Å². The van der Waals surface area contributed by atoms with Gasteiger partial charge in [-0.05, 0) is 18.6 Å². The smallest absolute Gasteiger partial charge is 0.312 e. The average Bonchev–Trinajstić information content (AvgIpc) is 3.05. The number of nitrogens with zero attached hydrogens (tertiary/aromatic N) is 1. The maximum Gasteiger partial charge on any atom is 0.312 e. The van der Waals surface area contributed by atoms with Crippen LogP contribution in [-0.2, 0) is 9.59 Å². The molecular formula is C15H13F2NO6. The maximum absolute atomic E-state index is 13.7. The normalized spacial score (nSPS) is 27.5. The summed E-state index contributed by atoms with van der Waals surface area (Å²) >= 11 is 0. The van der Waals surface area contributed by atoms with Gasteiger partial charge in [0.25, 0.3) is 5.91 Å². The number of hydrogen-bond donors (Lipinski definition) is 2. The molecule has 2 aliphatic rings. The van der Waals surface area contributed by atoms with Crippen LogP contribution < -0.4 is 4.74 Å². The highest BCUT2D eigenvalue weighted by Crippen LogP contribution is 2.68. The second kappa shape index (κ2) is 4.89. The molecule has 2 N–H and O–H groups in total. The third-order valence-corrected chi connectivity index (χ3v) is 4.87. The number of halogens is 2. The number of hydrogen-bond acceptors (Lipinski definition) is 4. The van der Waals surface area contributed by atoms with Gasteiger partial charge in [-0.2, -0.15) is 0 Å². The SMILES string of the molecule is COc1c(F)cc(C(=O)N2C[C@@]3(C(=O)O)C[C@@]3(C(=O)O)C2)cc1F. The summed E-state index contributed by atoms with van der Waals surface area (Å²) in [4.78, 5) is 36.3. The van der Waals surface area contributed by atoms with Crippen LogP contribution in [0.1, 0.15) is 16.8 Å². The topological polar surface area (TPSA) is 104 Å². The molecule has 0 aromatic heterocycles. The van der Waals surface area contributed by atoms with E-state index in [1.807, 2.05) is 0 Å². The molecule has 7 nitrogen and oxygen atoms in total. The predicted molar refractivity (Wildman–Crippen MR) is 73.6 cm³/mol. The zero-order valence-corrected chi connectivity index (χ0v) is 12.5. The largest absolute Gasteiger partial charge is 0.491 e. The Kier molecular flexibility index (Phi) is 3.29. The van der Waals surface area contributed by atoms with Gasteiger partial charge in [0.15, 0.2) is 17.4 Å². The molecule has 1 aliphatic carbocycles. The van der Waals surface area contributed by atoms with Crippen molar-refractivity contribution in [3.63, 3.8) is 0 Å². The van der Waals surface area contributed by atoms with Crippen molar-refractivity contribution in [2.75, 3.05) is 20.2 Å². The van der Waals surface area contributed by atoms with Crippen LogP contribution in [-0.4, -0.2) is 53.2 Å². The van der Waals surface area contributed by atoms with Crippen LogP contribution in [0, 0.1) is 22.5 Å². The first-order chi connectivity index (χ1) is 11.2. The van der Waals surface area contributed by atoms with Crippen LogP contribution in [0.4, 0.5) is 8.78 Å². The summed E-state index contributed by atoms with van der Waals surface area (Å²) in [6.07, 6.45) is -0.0697. The van der Waals surface area contributed by atoms with Gasteiger partial charge in [0.2, 0.25) is 0 Å². The quantitative estimate of drug-likeness (QED) is 0.846.